The van der Waals surface area contributed by atoms with E-state index in [4.69, 9.17) is 4.42 Å². The van der Waals surface area contributed by atoms with Gasteiger partial charge in [-0.15, -0.1) is 24.0 Å². The molecule has 0 aliphatic rings. The molecule has 31 heavy (non-hydrogen) atoms. The van der Waals surface area contributed by atoms with E-state index in [-0.39, 0.29) is 41.5 Å². The molecule has 0 atom stereocenters. The molecule has 3 N–H and O–H groups in total. The predicted octanol–water partition coefficient (Wildman–Crippen LogP) is 4.85. The fraction of sp³-hybridized carbons (Fsp3) is 0.217. The zero-order valence-corrected chi connectivity index (χ0v) is 19.8. The van der Waals surface area contributed by atoms with Crippen molar-refractivity contribution in [3.63, 3.8) is 0 Å². The van der Waals surface area contributed by atoms with Crippen molar-refractivity contribution >= 4 is 41.5 Å². The number of nitrogens with one attached hydrogen (secondary N) is 3. The molecule has 1 heterocycles. The Hall–Kier alpha value is -2.88. The summed E-state index contributed by atoms with van der Waals surface area (Å²) in [6.45, 7) is 5.42. The van der Waals surface area contributed by atoms with E-state index in [9.17, 15) is 9.18 Å². The highest BCUT2D eigenvalue weighted by molar-refractivity contribution is 14.0. The average Bonchev–Trinajstić information content (AvgIpc) is 3.28. The molecule has 0 saturated carbocycles. The molecule has 1 amide bonds. The summed E-state index contributed by atoms with van der Waals surface area (Å²) in [5, 5.41) is 9.26. The number of nitrogens with zero attached hydrogens (tertiary/aromatic N) is 1. The second-order valence-corrected chi connectivity index (χ2v) is 6.76. The first kappa shape index (κ1) is 24.4. The molecule has 8 heteroatoms. The van der Waals surface area contributed by atoms with Gasteiger partial charge in [-0.05, 0) is 60.9 Å². The second-order valence-electron chi connectivity index (χ2n) is 6.76. The smallest absolute Gasteiger partial charge is 0.291 e. The van der Waals surface area contributed by atoms with E-state index in [2.05, 4.69) is 20.9 Å². The molecule has 2 aromatic carbocycles. The molecular weight excluding hydrogens is 510 g/mol. The highest BCUT2D eigenvalue weighted by Crippen LogP contribution is 2.14. The summed E-state index contributed by atoms with van der Waals surface area (Å²) in [6.07, 6.45) is 1.46. The Morgan fingerprint density at radius 2 is 1.90 bits per heavy atom. The number of rotatable bonds is 7. The first-order valence-corrected chi connectivity index (χ1v) is 9.76. The van der Waals surface area contributed by atoms with Gasteiger partial charge in [0.1, 0.15) is 5.82 Å². The van der Waals surface area contributed by atoms with Gasteiger partial charge in [0, 0.05) is 18.8 Å². The summed E-state index contributed by atoms with van der Waals surface area (Å²) in [6, 6.07) is 15.8. The van der Waals surface area contributed by atoms with Crippen molar-refractivity contribution in [1.82, 2.24) is 10.6 Å². The average molecular weight is 536 g/mol. The minimum atomic E-state index is -0.301. The van der Waals surface area contributed by atoms with Gasteiger partial charge >= 0.3 is 0 Å². The minimum Gasteiger partial charge on any atom is -0.459 e. The van der Waals surface area contributed by atoms with E-state index in [1.165, 1.54) is 12.3 Å². The summed E-state index contributed by atoms with van der Waals surface area (Å²) in [7, 11) is 0. The van der Waals surface area contributed by atoms with Crippen molar-refractivity contribution in [3.8, 4) is 0 Å². The molecule has 164 valence electrons. The van der Waals surface area contributed by atoms with Crippen LogP contribution in [-0.2, 0) is 13.1 Å². The first-order valence-electron chi connectivity index (χ1n) is 9.76. The van der Waals surface area contributed by atoms with Crippen molar-refractivity contribution in [2.24, 2.45) is 4.99 Å². The van der Waals surface area contributed by atoms with Crippen LogP contribution in [0.2, 0.25) is 0 Å². The molecule has 3 aromatic rings. The van der Waals surface area contributed by atoms with Crippen molar-refractivity contribution < 1.29 is 13.6 Å². The molecule has 0 aliphatic carbocycles. The monoisotopic (exact) mass is 536 g/mol. The maximum absolute atomic E-state index is 13.4. The molecule has 0 saturated heterocycles. The van der Waals surface area contributed by atoms with Gasteiger partial charge < -0.3 is 20.4 Å². The zero-order valence-electron chi connectivity index (χ0n) is 17.4. The van der Waals surface area contributed by atoms with Crippen LogP contribution in [0.4, 0.5) is 10.1 Å². The third-order valence-electron chi connectivity index (χ3n) is 4.38. The standard InChI is InChI=1S/C23H25FN4O2.HI/c1-3-25-23(27-15-18-9-10-20(24)16(2)12-18)26-14-17-6-4-7-19(13-17)28-22(29)21-8-5-11-30-21;/h4-13H,3,14-15H2,1-2H3,(H,28,29)(H2,25,26,27);1H. The summed E-state index contributed by atoms with van der Waals surface area (Å²) in [4.78, 5) is 16.7. The van der Waals surface area contributed by atoms with Gasteiger partial charge in [-0.3, -0.25) is 4.79 Å². The topological polar surface area (TPSA) is 78.7 Å². The number of halogens is 2. The van der Waals surface area contributed by atoms with Crippen molar-refractivity contribution in [3.05, 3.63) is 89.1 Å². The lowest BCUT2D eigenvalue weighted by Gasteiger charge is -2.12. The SMILES string of the molecule is CCNC(=NCc1cccc(NC(=O)c2ccco2)c1)NCc1ccc(F)c(C)c1.I. The zero-order chi connectivity index (χ0) is 21.3. The fourth-order valence-corrected chi connectivity index (χ4v) is 2.86. The van der Waals surface area contributed by atoms with E-state index in [0.717, 1.165) is 11.1 Å². The number of hydrogen-bond donors (Lipinski definition) is 3. The van der Waals surface area contributed by atoms with Crippen LogP contribution in [0.5, 0.6) is 0 Å². The van der Waals surface area contributed by atoms with Crippen LogP contribution in [0.25, 0.3) is 0 Å². The third kappa shape index (κ3) is 7.39. The van der Waals surface area contributed by atoms with Gasteiger partial charge in [-0.25, -0.2) is 9.38 Å². The van der Waals surface area contributed by atoms with E-state index in [0.29, 0.717) is 36.8 Å². The normalized spacial score (nSPS) is 10.9. The highest BCUT2D eigenvalue weighted by atomic mass is 127. The number of aliphatic imine (C=N–C) groups is 1. The van der Waals surface area contributed by atoms with Gasteiger partial charge in [0.25, 0.3) is 5.91 Å². The quantitative estimate of drug-likeness (QED) is 0.229. The maximum atomic E-state index is 13.4. The first-order chi connectivity index (χ1) is 14.5. The largest absolute Gasteiger partial charge is 0.459 e. The highest BCUT2D eigenvalue weighted by Gasteiger charge is 2.09. The molecule has 0 bridgehead atoms. The molecule has 0 spiro atoms. The van der Waals surface area contributed by atoms with Gasteiger partial charge in [-0.2, -0.15) is 0 Å². The second kappa shape index (κ2) is 12.1. The Morgan fingerprint density at radius 3 is 2.61 bits per heavy atom. The van der Waals surface area contributed by atoms with Crippen LogP contribution in [-0.4, -0.2) is 18.4 Å². The minimum absolute atomic E-state index is 0. The number of amides is 1. The van der Waals surface area contributed by atoms with Crippen LogP contribution in [0.1, 0.15) is 34.2 Å². The maximum Gasteiger partial charge on any atom is 0.291 e. The number of hydrogen-bond acceptors (Lipinski definition) is 3. The predicted molar refractivity (Wildman–Crippen MR) is 131 cm³/mol. The number of guanidine groups is 1. The molecule has 0 radical (unpaired) electrons. The van der Waals surface area contributed by atoms with Gasteiger partial charge in [0.15, 0.2) is 11.7 Å². The number of furan rings is 1. The Morgan fingerprint density at radius 1 is 1.06 bits per heavy atom. The summed E-state index contributed by atoms with van der Waals surface area (Å²) in [5.41, 5.74) is 3.21. The Balaban J connectivity index is 0.00000341. The summed E-state index contributed by atoms with van der Waals surface area (Å²) < 4.78 is 18.5. The van der Waals surface area contributed by atoms with E-state index < -0.39 is 0 Å². The van der Waals surface area contributed by atoms with Crippen molar-refractivity contribution in [1.29, 1.82) is 0 Å². The number of benzene rings is 2. The Labute approximate surface area is 198 Å². The molecule has 0 unspecified atom stereocenters. The van der Waals surface area contributed by atoms with Crippen molar-refractivity contribution in [2.45, 2.75) is 26.9 Å². The summed E-state index contributed by atoms with van der Waals surface area (Å²) >= 11 is 0. The van der Waals surface area contributed by atoms with Gasteiger partial charge in [0.2, 0.25) is 0 Å². The van der Waals surface area contributed by atoms with Gasteiger partial charge in [-0.1, -0.05) is 24.3 Å². The van der Waals surface area contributed by atoms with Crippen LogP contribution in [0.3, 0.4) is 0 Å². The van der Waals surface area contributed by atoms with Crippen LogP contribution >= 0.6 is 24.0 Å². The van der Waals surface area contributed by atoms with E-state index >= 15 is 0 Å². The van der Waals surface area contributed by atoms with E-state index in [1.54, 1.807) is 25.1 Å². The third-order valence-corrected chi connectivity index (χ3v) is 4.38. The van der Waals surface area contributed by atoms with Crippen LogP contribution in [0.15, 0.2) is 70.3 Å². The Kier molecular flexibility index (Phi) is 9.51. The van der Waals surface area contributed by atoms with Gasteiger partial charge in [0.05, 0.1) is 12.8 Å². The molecule has 1 aromatic heterocycles. The van der Waals surface area contributed by atoms with E-state index in [1.807, 2.05) is 37.3 Å². The van der Waals surface area contributed by atoms with Crippen LogP contribution in [0, 0.1) is 12.7 Å². The lowest BCUT2D eigenvalue weighted by Crippen LogP contribution is -2.36. The molecule has 6 nitrogen and oxygen atoms in total. The molecule has 3 rings (SSSR count). The molecule has 0 aliphatic heterocycles. The fourth-order valence-electron chi connectivity index (χ4n) is 2.86. The summed E-state index contributed by atoms with van der Waals surface area (Å²) in [5.74, 6) is 0.404. The Bertz CT molecular complexity index is 1020. The van der Waals surface area contributed by atoms with Crippen LogP contribution < -0.4 is 16.0 Å². The number of aryl methyl sites for hydroxylation is 1. The lowest BCUT2D eigenvalue weighted by molar-refractivity contribution is 0.0996. The van der Waals surface area contributed by atoms with Crippen molar-refractivity contribution in [2.75, 3.05) is 11.9 Å². The molecular formula is C23H26FIN4O2. The number of carbonyl (C=O) groups is 1. The number of anilines is 1. The number of carbonyl (C=O) groups excluding carboxylic acids is 1. The molecule has 0 fully saturated rings. The lowest BCUT2D eigenvalue weighted by atomic mass is 10.1.